The van der Waals surface area contributed by atoms with Gasteiger partial charge in [0.25, 0.3) is 0 Å². The van der Waals surface area contributed by atoms with Crippen LogP contribution < -0.4 is 4.74 Å². The molecule has 1 N–H and O–H groups in total. The van der Waals surface area contributed by atoms with E-state index in [0.717, 1.165) is 12.0 Å². The van der Waals surface area contributed by atoms with E-state index in [2.05, 4.69) is 0 Å². The number of hydrogen-bond donors (Lipinski definition) is 1. The van der Waals surface area contributed by atoms with Crippen LogP contribution in [0.5, 0.6) is 5.75 Å². The van der Waals surface area contributed by atoms with Gasteiger partial charge in [-0.2, -0.15) is 0 Å². The Morgan fingerprint density at radius 1 is 1.31 bits per heavy atom. The summed E-state index contributed by atoms with van der Waals surface area (Å²) in [5.41, 5.74) is 0.172. The zero-order valence-corrected chi connectivity index (χ0v) is 10.4. The number of benzene rings is 1. The first-order chi connectivity index (χ1) is 7.59. The minimum Gasteiger partial charge on any atom is -0.496 e. The Labute approximate surface area is 97.0 Å². The quantitative estimate of drug-likeness (QED) is 0.835. The molecule has 1 rings (SSSR count). The number of ether oxygens (including phenoxy) is 2. The lowest BCUT2D eigenvalue weighted by molar-refractivity contribution is -0.0950. The molecule has 0 aromatic heterocycles. The van der Waals surface area contributed by atoms with Crippen LogP contribution in [0.1, 0.15) is 31.9 Å². The van der Waals surface area contributed by atoms with Crippen molar-refractivity contribution in [3.8, 4) is 5.75 Å². The molecule has 3 nitrogen and oxygen atoms in total. The standard InChI is InChI=1S/C13H20O3/c1-5-13(2,16-4)12(14)10-8-6-7-9-11(10)15-3/h6-9,12,14H,5H2,1-4H3. The molecule has 90 valence electrons. The van der Waals surface area contributed by atoms with Crippen LogP contribution in [0.3, 0.4) is 0 Å². The van der Waals surface area contributed by atoms with Crippen molar-refractivity contribution >= 4 is 0 Å². The lowest BCUT2D eigenvalue weighted by Crippen LogP contribution is -2.34. The van der Waals surface area contributed by atoms with Crippen molar-refractivity contribution in [3.05, 3.63) is 29.8 Å². The molecule has 0 fully saturated rings. The first-order valence-electron chi connectivity index (χ1n) is 5.45. The van der Waals surface area contributed by atoms with Crippen molar-refractivity contribution in [1.82, 2.24) is 0 Å². The summed E-state index contributed by atoms with van der Waals surface area (Å²) in [5.74, 6) is 0.687. The van der Waals surface area contributed by atoms with E-state index < -0.39 is 11.7 Å². The molecule has 0 aliphatic carbocycles. The molecule has 0 aliphatic heterocycles. The largest absolute Gasteiger partial charge is 0.496 e. The monoisotopic (exact) mass is 224 g/mol. The first kappa shape index (κ1) is 13.0. The molecule has 0 amide bonds. The zero-order chi connectivity index (χ0) is 12.2. The highest BCUT2D eigenvalue weighted by molar-refractivity contribution is 5.36. The summed E-state index contributed by atoms with van der Waals surface area (Å²) >= 11 is 0. The van der Waals surface area contributed by atoms with Crippen molar-refractivity contribution in [2.24, 2.45) is 0 Å². The Bertz CT molecular complexity index is 332. The molecule has 3 heteroatoms. The Morgan fingerprint density at radius 2 is 1.94 bits per heavy atom. The van der Waals surface area contributed by atoms with E-state index in [1.54, 1.807) is 14.2 Å². The molecule has 0 bridgehead atoms. The summed E-state index contributed by atoms with van der Waals surface area (Å²) in [6, 6.07) is 7.46. The van der Waals surface area contributed by atoms with Gasteiger partial charge in [-0.15, -0.1) is 0 Å². The average molecular weight is 224 g/mol. The van der Waals surface area contributed by atoms with E-state index in [1.807, 2.05) is 38.1 Å². The van der Waals surface area contributed by atoms with Gasteiger partial charge < -0.3 is 14.6 Å². The van der Waals surface area contributed by atoms with Crippen molar-refractivity contribution in [3.63, 3.8) is 0 Å². The predicted octanol–water partition coefficient (Wildman–Crippen LogP) is 2.54. The van der Waals surface area contributed by atoms with Gasteiger partial charge in [0.2, 0.25) is 0 Å². The van der Waals surface area contributed by atoms with Crippen LogP contribution >= 0.6 is 0 Å². The number of para-hydroxylation sites is 1. The maximum Gasteiger partial charge on any atom is 0.124 e. The van der Waals surface area contributed by atoms with Crippen LogP contribution in [0.4, 0.5) is 0 Å². The van der Waals surface area contributed by atoms with Gasteiger partial charge >= 0.3 is 0 Å². The van der Waals surface area contributed by atoms with Crippen molar-refractivity contribution in [2.45, 2.75) is 32.0 Å². The molecular formula is C13H20O3. The summed E-state index contributed by atoms with van der Waals surface area (Å²) in [6.07, 6.45) is 0.0292. The molecule has 2 atom stereocenters. The fourth-order valence-corrected chi connectivity index (χ4v) is 1.67. The fourth-order valence-electron chi connectivity index (χ4n) is 1.67. The highest BCUT2D eigenvalue weighted by Gasteiger charge is 2.33. The van der Waals surface area contributed by atoms with Gasteiger partial charge in [-0.1, -0.05) is 25.1 Å². The maximum atomic E-state index is 10.3. The van der Waals surface area contributed by atoms with Gasteiger partial charge in [0.05, 0.1) is 12.7 Å². The highest BCUT2D eigenvalue weighted by Crippen LogP contribution is 2.35. The van der Waals surface area contributed by atoms with E-state index in [1.165, 1.54) is 0 Å². The molecule has 0 heterocycles. The summed E-state index contributed by atoms with van der Waals surface area (Å²) in [4.78, 5) is 0. The highest BCUT2D eigenvalue weighted by atomic mass is 16.5. The average Bonchev–Trinajstić information content (AvgIpc) is 2.36. The Morgan fingerprint density at radius 3 is 2.44 bits per heavy atom. The molecule has 2 unspecified atom stereocenters. The van der Waals surface area contributed by atoms with E-state index in [4.69, 9.17) is 9.47 Å². The molecule has 0 aliphatic rings. The van der Waals surface area contributed by atoms with Gasteiger partial charge in [-0.05, 0) is 19.4 Å². The second kappa shape index (κ2) is 5.32. The lowest BCUT2D eigenvalue weighted by atomic mass is 9.90. The van der Waals surface area contributed by atoms with Gasteiger partial charge in [-0.25, -0.2) is 0 Å². The summed E-state index contributed by atoms with van der Waals surface area (Å²) in [5, 5.41) is 10.3. The van der Waals surface area contributed by atoms with E-state index >= 15 is 0 Å². The summed E-state index contributed by atoms with van der Waals surface area (Å²) < 4.78 is 10.6. The van der Waals surface area contributed by atoms with Crippen molar-refractivity contribution in [2.75, 3.05) is 14.2 Å². The molecular weight excluding hydrogens is 204 g/mol. The third-order valence-electron chi connectivity index (χ3n) is 3.18. The third kappa shape index (κ3) is 2.36. The number of aliphatic hydroxyl groups is 1. The summed E-state index contributed by atoms with van der Waals surface area (Å²) in [6.45, 7) is 3.88. The van der Waals surface area contributed by atoms with Gasteiger partial charge in [0.15, 0.2) is 0 Å². The minimum absolute atomic E-state index is 0.589. The van der Waals surface area contributed by atoms with Crippen LogP contribution in [-0.2, 0) is 4.74 Å². The van der Waals surface area contributed by atoms with E-state index in [0.29, 0.717) is 5.75 Å². The topological polar surface area (TPSA) is 38.7 Å². The number of rotatable bonds is 5. The number of hydrogen-bond acceptors (Lipinski definition) is 3. The van der Waals surface area contributed by atoms with Gasteiger partial charge in [0, 0.05) is 12.7 Å². The van der Waals surface area contributed by atoms with Crippen LogP contribution in [0.15, 0.2) is 24.3 Å². The van der Waals surface area contributed by atoms with Gasteiger partial charge in [-0.3, -0.25) is 0 Å². The van der Waals surface area contributed by atoms with Crippen LogP contribution in [0.25, 0.3) is 0 Å². The number of methoxy groups -OCH3 is 2. The Balaban J connectivity index is 3.08. The number of aliphatic hydroxyl groups excluding tert-OH is 1. The molecule has 1 aromatic rings. The second-order valence-electron chi connectivity index (χ2n) is 4.01. The van der Waals surface area contributed by atoms with E-state index in [9.17, 15) is 5.11 Å². The molecule has 0 saturated carbocycles. The van der Waals surface area contributed by atoms with Crippen LogP contribution in [-0.4, -0.2) is 24.9 Å². The van der Waals surface area contributed by atoms with Crippen molar-refractivity contribution < 1.29 is 14.6 Å². The van der Waals surface area contributed by atoms with Crippen LogP contribution in [0.2, 0.25) is 0 Å². The predicted molar refractivity (Wildman–Crippen MR) is 63.7 cm³/mol. The molecule has 0 radical (unpaired) electrons. The Hall–Kier alpha value is -1.06. The zero-order valence-electron chi connectivity index (χ0n) is 10.4. The molecule has 16 heavy (non-hydrogen) atoms. The molecule has 1 aromatic carbocycles. The molecule has 0 spiro atoms. The summed E-state index contributed by atoms with van der Waals surface area (Å²) in [7, 11) is 3.21. The SMILES string of the molecule is CCC(C)(OC)C(O)c1ccccc1OC. The second-order valence-corrected chi connectivity index (χ2v) is 4.01. The molecule has 0 saturated heterocycles. The fraction of sp³-hybridized carbons (Fsp3) is 0.538. The van der Waals surface area contributed by atoms with Crippen molar-refractivity contribution in [1.29, 1.82) is 0 Å². The van der Waals surface area contributed by atoms with Gasteiger partial charge in [0.1, 0.15) is 11.9 Å². The lowest BCUT2D eigenvalue weighted by Gasteiger charge is -2.33. The Kier molecular flexibility index (Phi) is 4.33. The normalized spacial score (nSPS) is 16.6. The smallest absolute Gasteiger partial charge is 0.124 e. The first-order valence-corrected chi connectivity index (χ1v) is 5.45. The third-order valence-corrected chi connectivity index (χ3v) is 3.18. The minimum atomic E-state index is -0.696. The van der Waals surface area contributed by atoms with E-state index in [-0.39, 0.29) is 0 Å². The van der Waals surface area contributed by atoms with Crippen LogP contribution in [0, 0.1) is 0 Å². The maximum absolute atomic E-state index is 10.3.